The third kappa shape index (κ3) is 2.59. The summed E-state index contributed by atoms with van der Waals surface area (Å²) in [6.45, 7) is 4.82. The van der Waals surface area contributed by atoms with Gasteiger partial charge in [0.25, 0.3) is 0 Å². The second-order valence-electron chi connectivity index (χ2n) is 4.77. The van der Waals surface area contributed by atoms with Crippen molar-refractivity contribution >= 4 is 17.0 Å². The average Bonchev–Trinajstić information content (AvgIpc) is 3.18. The highest BCUT2D eigenvalue weighted by Crippen LogP contribution is 2.35. The molecule has 0 bridgehead atoms. The van der Waals surface area contributed by atoms with Gasteiger partial charge < -0.3 is 9.30 Å². The van der Waals surface area contributed by atoms with Crippen molar-refractivity contribution < 1.29 is 4.74 Å². The Morgan fingerprint density at radius 1 is 1.37 bits per heavy atom. The van der Waals surface area contributed by atoms with Crippen molar-refractivity contribution in [3.8, 4) is 5.75 Å². The van der Waals surface area contributed by atoms with Crippen LogP contribution in [0.1, 0.15) is 31.5 Å². The topological polar surface area (TPSA) is 26.5 Å². The van der Waals surface area contributed by atoms with Crippen LogP contribution < -0.4 is 9.54 Å². The standard InChI is InChI=1S/C15H18N2OS/c1-3-18-14-7-5-4-6-13(14)16-15-17(12-8-9-12)11(2)10-19-15/h4-7,10,12H,3,8-9H2,1-2H3. The summed E-state index contributed by atoms with van der Waals surface area (Å²) in [6.07, 6.45) is 2.55. The monoisotopic (exact) mass is 274 g/mol. The van der Waals surface area contributed by atoms with Gasteiger partial charge in [-0.1, -0.05) is 12.1 Å². The number of aromatic nitrogens is 1. The summed E-state index contributed by atoms with van der Waals surface area (Å²) in [7, 11) is 0. The molecule has 3 nitrogen and oxygen atoms in total. The molecular formula is C15H18N2OS. The molecule has 1 heterocycles. The molecular weight excluding hydrogens is 256 g/mol. The highest BCUT2D eigenvalue weighted by Gasteiger charge is 2.25. The summed E-state index contributed by atoms with van der Waals surface area (Å²) < 4.78 is 7.99. The number of aryl methyl sites for hydroxylation is 1. The van der Waals surface area contributed by atoms with Crippen molar-refractivity contribution in [1.29, 1.82) is 0 Å². The number of para-hydroxylation sites is 2. The summed E-state index contributed by atoms with van der Waals surface area (Å²) >= 11 is 1.71. The lowest BCUT2D eigenvalue weighted by Gasteiger charge is -2.06. The van der Waals surface area contributed by atoms with E-state index < -0.39 is 0 Å². The first-order chi connectivity index (χ1) is 9.29. The smallest absolute Gasteiger partial charge is 0.190 e. The molecule has 4 heteroatoms. The van der Waals surface area contributed by atoms with E-state index in [1.54, 1.807) is 11.3 Å². The molecule has 1 saturated carbocycles. The molecule has 1 aromatic carbocycles. The van der Waals surface area contributed by atoms with Gasteiger partial charge in [-0.3, -0.25) is 0 Å². The first-order valence-electron chi connectivity index (χ1n) is 6.72. The van der Waals surface area contributed by atoms with E-state index in [4.69, 9.17) is 9.73 Å². The van der Waals surface area contributed by atoms with Gasteiger partial charge in [0.2, 0.25) is 0 Å². The number of thiazole rings is 1. The van der Waals surface area contributed by atoms with E-state index in [1.165, 1.54) is 18.5 Å². The molecule has 0 N–H and O–H groups in total. The zero-order valence-corrected chi connectivity index (χ0v) is 12.1. The minimum absolute atomic E-state index is 0.657. The molecule has 0 atom stereocenters. The quantitative estimate of drug-likeness (QED) is 0.832. The molecule has 0 unspecified atom stereocenters. The maximum absolute atomic E-state index is 5.63. The van der Waals surface area contributed by atoms with Crippen LogP contribution in [0.15, 0.2) is 34.6 Å². The number of ether oxygens (including phenoxy) is 1. The average molecular weight is 274 g/mol. The van der Waals surface area contributed by atoms with Gasteiger partial charge in [-0.05, 0) is 38.8 Å². The molecule has 0 aliphatic heterocycles. The fourth-order valence-corrected chi connectivity index (χ4v) is 3.14. The second kappa shape index (κ2) is 5.21. The lowest BCUT2D eigenvalue weighted by molar-refractivity contribution is 0.341. The predicted octanol–water partition coefficient (Wildman–Crippen LogP) is 3.82. The fourth-order valence-electron chi connectivity index (χ4n) is 2.19. The van der Waals surface area contributed by atoms with Crippen LogP contribution in [-0.4, -0.2) is 11.2 Å². The van der Waals surface area contributed by atoms with Crippen molar-refractivity contribution in [2.24, 2.45) is 4.99 Å². The number of hydrogen-bond acceptors (Lipinski definition) is 3. The molecule has 0 saturated heterocycles. The minimum atomic E-state index is 0.657. The van der Waals surface area contributed by atoms with Crippen molar-refractivity contribution in [3.63, 3.8) is 0 Å². The Bertz CT molecular complexity index is 638. The molecule has 2 aromatic rings. The van der Waals surface area contributed by atoms with E-state index in [1.807, 2.05) is 31.2 Å². The van der Waals surface area contributed by atoms with Gasteiger partial charge in [-0.2, -0.15) is 0 Å². The lowest BCUT2D eigenvalue weighted by atomic mass is 10.3. The summed E-state index contributed by atoms with van der Waals surface area (Å²) in [5.41, 5.74) is 2.22. The molecule has 0 radical (unpaired) electrons. The van der Waals surface area contributed by atoms with Gasteiger partial charge in [0, 0.05) is 17.1 Å². The highest BCUT2D eigenvalue weighted by molar-refractivity contribution is 7.07. The van der Waals surface area contributed by atoms with E-state index in [-0.39, 0.29) is 0 Å². The van der Waals surface area contributed by atoms with Gasteiger partial charge in [0.15, 0.2) is 4.80 Å². The largest absolute Gasteiger partial charge is 0.492 e. The maximum atomic E-state index is 5.63. The molecule has 1 aliphatic carbocycles. The normalized spacial score (nSPS) is 15.8. The minimum Gasteiger partial charge on any atom is -0.492 e. The van der Waals surface area contributed by atoms with Crippen LogP contribution in [0.2, 0.25) is 0 Å². The summed E-state index contributed by atoms with van der Waals surface area (Å²) in [5.74, 6) is 0.860. The van der Waals surface area contributed by atoms with Crippen LogP contribution >= 0.6 is 11.3 Å². The zero-order chi connectivity index (χ0) is 13.2. The summed E-state index contributed by atoms with van der Waals surface area (Å²) in [6, 6.07) is 8.63. The van der Waals surface area contributed by atoms with Crippen LogP contribution in [-0.2, 0) is 0 Å². The zero-order valence-electron chi connectivity index (χ0n) is 11.3. The molecule has 3 rings (SSSR count). The Balaban J connectivity index is 2.06. The van der Waals surface area contributed by atoms with Crippen LogP contribution in [0.25, 0.3) is 0 Å². The molecule has 19 heavy (non-hydrogen) atoms. The van der Waals surface area contributed by atoms with Gasteiger partial charge in [0.1, 0.15) is 11.4 Å². The molecule has 1 aromatic heterocycles. The second-order valence-corrected chi connectivity index (χ2v) is 5.61. The van der Waals surface area contributed by atoms with E-state index in [0.717, 1.165) is 16.2 Å². The van der Waals surface area contributed by atoms with Crippen molar-refractivity contribution in [2.75, 3.05) is 6.61 Å². The summed E-state index contributed by atoms with van der Waals surface area (Å²) in [5, 5.41) is 2.18. The fraction of sp³-hybridized carbons (Fsp3) is 0.400. The summed E-state index contributed by atoms with van der Waals surface area (Å²) in [4.78, 5) is 5.87. The van der Waals surface area contributed by atoms with Crippen LogP contribution in [0.5, 0.6) is 5.75 Å². The lowest BCUT2D eigenvalue weighted by Crippen LogP contribution is -2.14. The Kier molecular flexibility index (Phi) is 3.42. The van der Waals surface area contributed by atoms with Gasteiger partial charge in [-0.25, -0.2) is 4.99 Å². The van der Waals surface area contributed by atoms with E-state index in [2.05, 4.69) is 16.9 Å². The van der Waals surface area contributed by atoms with Gasteiger partial charge in [0.05, 0.1) is 6.61 Å². The van der Waals surface area contributed by atoms with Gasteiger partial charge in [-0.15, -0.1) is 11.3 Å². The maximum Gasteiger partial charge on any atom is 0.190 e. The SMILES string of the molecule is CCOc1ccccc1N=c1scc(C)n1C1CC1. The number of benzene rings is 1. The Labute approximate surface area is 117 Å². The van der Waals surface area contributed by atoms with Crippen LogP contribution in [0, 0.1) is 6.92 Å². The third-order valence-corrected chi connectivity index (χ3v) is 4.17. The molecule has 1 fully saturated rings. The van der Waals surface area contributed by atoms with E-state index in [0.29, 0.717) is 12.6 Å². The third-order valence-electron chi connectivity index (χ3n) is 3.21. The molecule has 0 amide bonds. The van der Waals surface area contributed by atoms with Crippen molar-refractivity contribution in [1.82, 2.24) is 4.57 Å². The number of rotatable bonds is 4. The highest BCUT2D eigenvalue weighted by atomic mass is 32.1. The Hall–Kier alpha value is -1.55. The van der Waals surface area contributed by atoms with Crippen molar-refractivity contribution in [2.45, 2.75) is 32.7 Å². The molecule has 1 aliphatic rings. The molecule has 100 valence electrons. The number of nitrogens with zero attached hydrogens (tertiary/aromatic N) is 2. The van der Waals surface area contributed by atoms with E-state index >= 15 is 0 Å². The van der Waals surface area contributed by atoms with E-state index in [9.17, 15) is 0 Å². The van der Waals surface area contributed by atoms with Crippen LogP contribution in [0.3, 0.4) is 0 Å². The number of hydrogen-bond donors (Lipinski definition) is 0. The first-order valence-corrected chi connectivity index (χ1v) is 7.60. The Morgan fingerprint density at radius 3 is 2.89 bits per heavy atom. The predicted molar refractivity (Wildman–Crippen MR) is 78.2 cm³/mol. The van der Waals surface area contributed by atoms with Gasteiger partial charge >= 0.3 is 0 Å². The molecule has 0 spiro atoms. The Morgan fingerprint density at radius 2 is 2.16 bits per heavy atom. The van der Waals surface area contributed by atoms with Crippen molar-refractivity contribution in [3.05, 3.63) is 40.1 Å². The van der Waals surface area contributed by atoms with Crippen LogP contribution in [0.4, 0.5) is 5.69 Å². The first kappa shape index (κ1) is 12.5.